The summed E-state index contributed by atoms with van der Waals surface area (Å²) in [5.74, 6) is -0.144. The van der Waals surface area contributed by atoms with E-state index in [2.05, 4.69) is 40.0 Å². The third kappa shape index (κ3) is 2.90. The fraction of sp³-hybridized carbons (Fsp3) is 0.200. The number of benzene rings is 2. The number of nitrogens with zero attached hydrogens (tertiary/aromatic N) is 2. The highest BCUT2D eigenvalue weighted by Crippen LogP contribution is 2.31. The van der Waals surface area contributed by atoms with Gasteiger partial charge in [0.25, 0.3) is 0 Å². The summed E-state index contributed by atoms with van der Waals surface area (Å²) in [5.41, 5.74) is 2.06. The molecule has 132 valence electrons. The second-order valence-electron chi connectivity index (χ2n) is 6.48. The van der Waals surface area contributed by atoms with Crippen LogP contribution in [-0.2, 0) is 16.1 Å². The van der Waals surface area contributed by atoms with Gasteiger partial charge in [-0.05, 0) is 30.3 Å². The standard InChI is InChI=1S/C20H18BrN3O2/c1-2-20(26)23-10-14(11-23)22-19(25)12-24-17-6-4-3-5-15(17)16-9-13(21)7-8-18(16)24/h2-9,14H,1,10-12H2,(H,22,25). The Kier molecular flexibility index (Phi) is 4.28. The van der Waals surface area contributed by atoms with E-state index in [1.165, 1.54) is 6.08 Å². The van der Waals surface area contributed by atoms with Crippen LogP contribution in [0.2, 0.25) is 0 Å². The molecule has 0 bridgehead atoms. The summed E-state index contributed by atoms with van der Waals surface area (Å²) < 4.78 is 3.05. The molecule has 26 heavy (non-hydrogen) atoms. The van der Waals surface area contributed by atoms with Crippen molar-refractivity contribution in [1.29, 1.82) is 0 Å². The summed E-state index contributed by atoms with van der Waals surface area (Å²) in [5, 5.41) is 5.25. The number of rotatable bonds is 4. The highest BCUT2D eigenvalue weighted by molar-refractivity contribution is 9.10. The molecule has 6 heteroatoms. The average molecular weight is 412 g/mol. The van der Waals surface area contributed by atoms with E-state index in [0.717, 1.165) is 26.3 Å². The van der Waals surface area contributed by atoms with Crippen LogP contribution in [0, 0.1) is 0 Å². The molecule has 1 fully saturated rings. The lowest BCUT2D eigenvalue weighted by atomic mass is 10.1. The number of nitrogens with one attached hydrogen (secondary N) is 1. The molecule has 2 amide bonds. The molecule has 3 aromatic rings. The summed E-state index contributed by atoms with van der Waals surface area (Å²) in [6, 6.07) is 14.2. The number of amides is 2. The second kappa shape index (κ2) is 6.61. The molecule has 1 saturated heterocycles. The largest absolute Gasteiger partial charge is 0.348 e. The predicted octanol–water partition coefficient (Wildman–Crippen LogP) is 3.07. The number of carbonyl (C=O) groups is 2. The molecular weight excluding hydrogens is 394 g/mol. The minimum Gasteiger partial charge on any atom is -0.348 e. The first-order chi connectivity index (χ1) is 12.6. The van der Waals surface area contributed by atoms with Gasteiger partial charge in [-0.2, -0.15) is 0 Å². The Bertz CT molecular complexity index is 1030. The number of para-hydroxylation sites is 1. The number of aromatic nitrogens is 1. The molecule has 0 atom stereocenters. The number of halogens is 1. The zero-order valence-corrected chi connectivity index (χ0v) is 15.7. The van der Waals surface area contributed by atoms with Gasteiger partial charge in [-0.3, -0.25) is 9.59 Å². The van der Waals surface area contributed by atoms with E-state index in [-0.39, 0.29) is 24.4 Å². The smallest absolute Gasteiger partial charge is 0.246 e. The molecular formula is C20H18BrN3O2. The summed E-state index contributed by atoms with van der Waals surface area (Å²) >= 11 is 3.52. The lowest BCUT2D eigenvalue weighted by Crippen LogP contribution is -2.61. The van der Waals surface area contributed by atoms with Gasteiger partial charge >= 0.3 is 0 Å². The second-order valence-corrected chi connectivity index (χ2v) is 7.39. The Morgan fingerprint density at radius 3 is 2.65 bits per heavy atom. The molecule has 0 unspecified atom stereocenters. The van der Waals surface area contributed by atoms with Crippen LogP contribution >= 0.6 is 15.9 Å². The Balaban J connectivity index is 1.56. The van der Waals surface area contributed by atoms with Crippen LogP contribution in [0.25, 0.3) is 21.8 Å². The summed E-state index contributed by atoms with van der Waals surface area (Å²) in [7, 11) is 0. The van der Waals surface area contributed by atoms with Crippen LogP contribution < -0.4 is 5.32 Å². The quantitative estimate of drug-likeness (QED) is 0.670. The van der Waals surface area contributed by atoms with Crippen LogP contribution in [-0.4, -0.2) is 40.4 Å². The normalized spacial score (nSPS) is 14.4. The Morgan fingerprint density at radius 2 is 1.88 bits per heavy atom. The third-order valence-corrected chi connectivity index (χ3v) is 5.26. The molecule has 0 radical (unpaired) electrons. The first-order valence-electron chi connectivity index (χ1n) is 8.44. The van der Waals surface area contributed by atoms with E-state index in [9.17, 15) is 9.59 Å². The van der Waals surface area contributed by atoms with Crippen molar-refractivity contribution in [1.82, 2.24) is 14.8 Å². The summed E-state index contributed by atoms with van der Waals surface area (Å²) in [4.78, 5) is 25.7. The highest BCUT2D eigenvalue weighted by Gasteiger charge is 2.30. The fourth-order valence-electron chi connectivity index (χ4n) is 3.49. The van der Waals surface area contributed by atoms with Crippen molar-refractivity contribution in [3.63, 3.8) is 0 Å². The molecule has 0 spiro atoms. The minimum absolute atomic E-state index is 0.00800. The molecule has 4 rings (SSSR count). The SMILES string of the molecule is C=CC(=O)N1CC(NC(=O)Cn2c3ccccc3c3cc(Br)ccc32)C1. The van der Waals surface area contributed by atoms with Crippen molar-refractivity contribution >= 4 is 49.6 Å². The van der Waals surface area contributed by atoms with Gasteiger partial charge in [-0.1, -0.05) is 40.7 Å². The van der Waals surface area contributed by atoms with Crippen LogP contribution in [0.4, 0.5) is 0 Å². The number of hydrogen-bond acceptors (Lipinski definition) is 2. The first kappa shape index (κ1) is 16.8. The summed E-state index contributed by atoms with van der Waals surface area (Å²) in [6.07, 6.45) is 1.30. The van der Waals surface area contributed by atoms with Gasteiger partial charge in [0.1, 0.15) is 6.54 Å². The monoisotopic (exact) mass is 411 g/mol. The minimum atomic E-state index is -0.0940. The van der Waals surface area contributed by atoms with Crippen LogP contribution in [0.15, 0.2) is 59.6 Å². The van der Waals surface area contributed by atoms with Gasteiger partial charge < -0.3 is 14.8 Å². The van der Waals surface area contributed by atoms with E-state index in [0.29, 0.717) is 13.1 Å². The molecule has 0 aliphatic carbocycles. The van der Waals surface area contributed by atoms with E-state index in [1.807, 2.05) is 34.9 Å². The van der Waals surface area contributed by atoms with Crippen molar-refractivity contribution in [2.45, 2.75) is 12.6 Å². The molecule has 1 aliphatic heterocycles. The molecule has 1 N–H and O–H groups in total. The highest BCUT2D eigenvalue weighted by atomic mass is 79.9. The van der Waals surface area contributed by atoms with Gasteiger partial charge in [-0.25, -0.2) is 0 Å². The Labute approximate surface area is 159 Å². The van der Waals surface area contributed by atoms with Crippen molar-refractivity contribution < 1.29 is 9.59 Å². The predicted molar refractivity (Wildman–Crippen MR) is 106 cm³/mol. The third-order valence-electron chi connectivity index (χ3n) is 4.77. The van der Waals surface area contributed by atoms with Crippen LogP contribution in [0.5, 0.6) is 0 Å². The van der Waals surface area contributed by atoms with E-state index in [4.69, 9.17) is 0 Å². The van der Waals surface area contributed by atoms with Crippen LogP contribution in [0.1, 0.15) is 0 Å². The topological polar surface area (TPSA) is 54.3 Å². The lowest BCUT2D eigenvalue weighted by Gasteiger charge is -2.38. The number of likely N-dealkylation sites (tertiary alicyclic amines) is 1. The number of fused-ring (bicyclic) bond motifs is 3. The lowest BCUT2D eigenvalue weighted by molar-refractivity contribution is -0.133. The van der Waals surface area contributed by atoms with Crippen molar-refractivity contribution in [3.05, 3.63) is 59.6 Å². The zero-order valence-electron chi connectivity index (χ0n) is 14.1. The number of carbonyl (C=O) groups excluding carboxylic acids is 2. The molecule has 1 aromatic heterocycles. The zero-order chi connectivity index (χ0) is 18.3. The van der Waals surface area contributed by atoms with Crippen LogP contribution in [0.3, 0.4) is 0 Å². The molecule has 5 nitrogen and oxygen atoms in total. The van der Waals surface area contributed by atoms with E-state index < -0.39 is 0 Å². The van der Waals surface area contributed by atoms with Crippen molar-refractivity contribution in [2.24, 2.45) is 0 Å². The van der Waals surface area contributed by atoms with Gasteiger partial charge in [0.2, 0.25) is 11.8 Å². The maximum Gasteiger partial charge on any atom is 0.246 e. The van der Waals surface area contributed by atoms with E-state index >= 15 is 0 Å². The molecule has 0 saturated carbocycles. The summed E-state index contributed by atoms with van der Waals surface area (Å²) in [6.45, 7) is 4.80. The van der Waals surface area contributed by atoms with E-state index in [1.54, 1.807) is 4.90 Å². The van der Waals surface area contributed by atoms with Gasteiger partial charge in [-0.15, -0.1) is 0 Å². The average Bonchev–Trinajstić information content (AvgIpc) is 2.90. The molecule has 2 heterocycles. The Morgan fingerprint density at radius 1 is 1.15 bits per heavy atom. The first-order valence-corrected chi connectivity index (χ1v) is 9.23. The van der Waals surface area contributed by atoms with Gasteiger partial charge in [0, 0.05) is 39.4 Å². The Hall–Kier alpha value is -2.60. The van der Waals surface area contributed by atoms with Gasteiger partial charge in [0.05, 0.1) is 6.04 Å². The fourth-order valence-corrected chi connectivity index (χ4v) is 3.85. The van der Waals surface area contributed by atoms with Gasteiger partial charge in [0.15, 0.2) is 0 Å². The maximum atomic E-state index is 12.5. The number of hydrogen-bond donors (Lipinski definition) is 1. The van der Waals surface area contributed by atoms with Crippen molar-refractivity contribution in [2.75, 3.05) is 13.1 Å². The maximum absolute atomic E-state index is 12.5. The van der Waals surface area contributed by atoms with Crippen molar-refractivity contribution in [3.8, 4) is 0 Å². The molecule has 1 aliphatic rings. The molecule has 2 aromatic carbocycles.